The smallest absolute Gasteiger partial charge is 0.339 e. The Morgan fingerprint density at radius 2 is 2.18 bits per heavy atom. The van der Waals surface area contributed by atoms with Crippen molar-refractivity contribution in [2.45, 2.75) is 19.8 Å². The van der Waals surface area contributed by atoms with Crippen LogP contribution in [0, 0.1) is 0 Å². The van der Waals surface area contributed by atoms with E-state index in [0.29, 0.717) is 24.5 Å². The van der Waals surface area contributed by atoms with Crippen molar-refractivity contribution in [1.29, 1.82) is 0 Å². The second-order valence-corrected chi connectivity index (χ2v) is 3.91. The van der Waals surface area contributed by atoms with Gasteiger partial charge in [0.15, 0.2) is 0 Å². The van der Waals surface area contributed by atoms with E-state index < -0.39 is 5.97 Å². The number of ether oxygens (including phenoxy) is 1. The van der Waals surface area contributed by atoms with Gasteiger partial charge in [-0.25, -0.2) is 4.79 Å². The summed E-state index contributed by atoms with van der Waals surface area (Å²) >= 11 is 0. The zero-order valence-corrected chi connectivity index (χ0v) is 9.45. The van der Waals surface area contributed by atoms with Crippen LogP contribution in [-0.4, -0.2) is 23.6 Å². The van der Waals surface area contributed by atoms with Crippen LogP contribution in [0.5, 0.6) is 5.75 Å². The molecule has 0 fully saturated rings. The van der Waals surface area contributed by atoms with Crippen LogP contribution in [0.1, 0.15) is 29.3 Å². The molecule has 0 bridgehead atoms. The summed E-state index contributed by atoms with van der Waals surface area (Å²) in [5.74, 6) is -0.812. The van der Waals surface area contributed by atoms with Crippen LogP contribution in [0.3, 0.4) is 0 Å². The van der Waals surface area contributed by atoms with Crippen LogP contribution in [0.25, 0.3) is 0 Å². The molecule has 2 rings (SSSR count). The number of carboxylic acid groups (broad SMARTS) is 1. The average molecular weight is 235 g/mol. The lowest BCUT2D eigenvalue weighted by Crippen LogP contribution is -2.16. The SMILES string of the molecule is CC(=O)Nc1ccc(C(=O)O)c2c1CCCO2. The summed E-state index contributed by atoms with van der Waals surface area (Å²) < 4.78 is 5.41. The molecule has 1 aliphatic rings. The van der Waals surface area contributed by atoms with Gasteiger partial charge in [-0.2, -0.15) is 0 Å². The fourth-order valence-electron chi connectivity index (χ4n) is 1.94. The fraction of sp³-hybridized carbons (Fsp3) is 0.333. The zero-order valence-electron chi connectivity index (χ0n) is 9.45. The zero-order chi connectivity index (χ0) is 12.4. The van der Waals surface area contributed by atoms with Crippen molar-refractivity contribution < 1.29 is 19.4 Å². The quantitative estimate of drug-likeness (QED) is 0.817. The summed E-state index contributed by atoms with van der Waals surface area (Å²) in [6, 6.07) is 3.07. The van der Waals surface area contributed by atoms with Crippen LogP contribution >= 0.6 is 0 Å². The Balaban J connectivity index is 2.50. The molecule has 5 heteroatoms. The molecule has 5 nitrogen and oxygen atoms in total. The van der Waals surface area contributed by atoms with Gasteiger partial charge in [-0.15, -0.1) is 0 Å². The van der Waals surface area contributed by atoms with Crippen molar-refractivity contribution in [3.63, 3.8) is 0 Å². The first-order valence-corrected chi connectivity index (χ1v) is 5.39. The van der Waals surface area contributed by atoms with Gasteiger partial charge in [0, 0.05) is 18.2 Å². The molecular formula is C12H13NO4. The first-order chi connectivity index (χ1) is 8.09. The lowest BCUT2D eigenvalue weighted by Gasteiger charge is -2.21. The van der Waals surface area contributed by atoms with Crippen LogP contribution in [0.15, 0.2) is 12.1 Å². The Labute approximate surface area is 98.4 Å². The molecular weight excluding hydrogens is 222 g/mol. The molecule has 0 spiro atoms. The maximum absolute atomic E-state index is 11.0. The maximum atomic E-state index is 11.0. The van der Waals surface area contributed by atoms with Gasteiger partial charge in [0.1, 0.15) is 11.3 Å². The van der Waals surface area contributed by atoms with E-state index in [9.17, 15) is 9.59 Å². The molecule has 1 aliphatic heterocycles. The number of carboxylic acids is 1. The number of aromatic carboxylic acids is 1. The molecule has 17 heavy (non-hydrogen) atoms. The molecule has 0 saturated carbocycles. The van der Waals surface area contributed by atoms with Crippen molar-refractivity contribution in [3.05, 3.63) is 23.3 Å². The number of hydrogen-bond acceptors (Lipinski definition) is 3. The number of rotatable bonds is 2. The van der Waals surface area contributed by atoms with Gasteiger partial charge in [0.25, 0.3) is 0 Å². The Kier molecular flexibility index (Phi) is 2.99. The van der Waals surface area contributed by atoms with Crippen LogP contribution in [0.4, 0.5) is 5.69 Å². The largest absolute Gasteiger partial charge is 0.492 e. The number of amides is 1. The van der Waals surface area contributed by atoms with E-state index in [1.807, 2.05) is 0 Å². The lowest BCUT2D eigenvalue weighted by molar-refractivity contribution is -0.114. The number of hydrogen-bond donors (Lipinski definition) is 2. The third-order valence-electron chi connectivity index (χ3n) is 2.62. The standard InChI is InChI=1S/C12H13NO4/c1-7(14)13-10-5-4-9(12(15)16)11-8(10)3-2-6-17-11/h4-5H,2-3,6H2,1H3,(H,13,14)(H,15,16). The minimum Gasteiger partial charge on any atom is -0.492 e. The topological polar surface area (TPSA) is 75.6 Å². The third kappa shape index (κ3) is 2.22. The van der Waals surface area contributed by atoms with Crippen molar-refractivity contribution in [3.8, 4) is 5.75 Å². The van der Waals surface area contributed by atoms with Gasteiger partial charge in [-0.05, 0) is 25.0 Å². The molecule has 0 aromatic heterocycles. The van der Waals surface area contributed by atoms with E-state index in [4.69, 9.17) is 9.84 Å². The van der Waals surface area contributed by atoms with Crippen molar-refractivity contribution in [2.24, 2.45) is 0 Å². The molecule has 0 unspecified atom stereocenters. The highest BCUT2D eigenvalue weighted by atomic mass is 16.5. The van der Waals surface area contributed by atoms with Gasteiger partial charge >= 0.3 is 5.97 Å². The summed E-state index contributed by atoms with van der Waals surface area (Å²) in [7, 11) is 0. The fourth-order valence-corrected chi connectivity index (χ4v) is 1.94. The monoisotopic (exact) mass is 235 g/mol. The molecule has 90 valence electrons. The molecule has 0 radical (unpaired) electrons. The average Bonchev–Trinajstić information content (AvgIpc) is 2.28. The molecule has 0 saturated heterocycles. The van der Waals surface area contributed by atoms with Crippen molar-refractivity contribution in [1.82, 2.24) is 0 Å². The first kappa shape index (κ1) is 11.4. The van der Waals surface area contributed by atoms with Gasteiger partial charge < -0.3 is 15.2 Å². The van der Waals surface area contributed by atoms with Gasteiger partial charge in [-0.3, -0.25) is 4.79 Å². The predicted molar refractivity (Wildman–Crippen MR) is 61.5 cm³/mol. The van der Waals surface area contributed by atoms with Crippen molar-refractivity contribution in [2.75, 3.05) is 11.9 Å². The number of benzene rings is 1. The second-order valence-electron chi connectivity index (χ2n) is 3.91. The Bertz CT molecular complexity index is 482. The number of carbonyl (C=O) groups is 2. The highest BCUT2D eigenvalue weighted by molar-refractivity contribution is 5.95. The molecule has 1 aromatic rings. The molecule has 1 heterocycles. The molecule has 1 amide bonds. The third-order valence-corrected chi connectivity index (χ3v) is 2.62. The first-order valence-electron chi connectivity index (χ1n) is 5.39. The Morgan fingerprint density at radius 3 is 2.82 bits per heavy atom. The summed E-state index contributed by atoms with van der Waals surface area (Å²) in [5.41, 5.74) is 1.55. The van der Waals surface area contributed by atoms with Crippen molar-refractivity contribution >= 4 is 17.6 Å². The van der Waals surface area contributed by atoms with Gasteiger partial charge in [0.05, 0.1) is 6.61 Å². The normalized spacial score (nSPS) is 13.5. The summed E-state index contributed by atoms with van der Waals surface area (Å²) in [6.07, 6.45) is 1.54. The summed E-state index contributed by atoms with van der Waals surface area (Å²) in [6.45, 7) is 1.93. The Morgan fingerprint density at radius 1 is 1.41 bits per heavy atom. The second kappa shape index (κ2) is 4.45. The molecule has 0 atom stereocenters. The minimum absolute atomic E-state index is 0.147. The lowest BCUT2D eigenvalue weighted by atomic mass is 10.00. The van der Waals surface area contributed by atoms with Crippen LogP contribution < -0.4 is 10.1 Å². The number of nitrogens with one attached hydrogen (secondary N) is 1. The summed E-state index contributed by atoms with van der Waals surface area (Å²) in [5, 5.41) is 11.7. The van der Waals surface area contributed by atoms with E-state index in [2.05, 4.69) is 5.32 Å². The number of fused-ring (bicyclic) bond motifs is 1. The van der Waals surface area contributed by atoms with E-state index in [1.54, 1.807) is 6.07 Å². The summed E-state index contributed by atoms with van der Waals surface area (Å²) in [4.78, 5) is 22.1. The highest BCUT2D eigenvalue weighted by Crippen LogP contribution is 2.34. The predicted octanol–water partition coefficient (Wildman–Crippen LogP) is 1.67. The minimum atomic E-state index is -1.02. The van der Waals surface area contributed by atoms with E-state index >= 15 is 0 Å². The molecule has 0 aliphatic carbocycles. The maximum Gasteiger partial charge on any atom is 0.339 e. The van der Waals surface area contributed by atoms with Crippen LogP contribution in [-0.2, 0) is 11.2 Å². The van der Waals surface area contributed by atoms with E-state index in [0.717, 1.165) is 12.0 Å². The number of carbonyl (C=O) groups excluding carboxylic acids is 1. The van der Waals surface area contributed by atoms with Gasteiger partial charge in [-0.1, -0.05) is 0 Å². The highest BCUT2D eigenvalue weighted by Gasteiger charge is 2.22. The number of anilines is 1. The molecule has 1 aromatic carbocycles. The van der Waals surface area contributed by atoms with Gasteiger partial charge in [0.2, 0.25) is 5.91 Å². The Hall–Kier alpha value is -2.04. The van der Waals surface area contributed by atoms with Crippen LogP contribution in [0.2, 0.25) is 0 Å². The molecule has 2 N–H and O–H groups in total. The van der Waals surface area contributed by atoms with E-state index in [1.165, 1.54) is 13.0 Å². The van der Waals surface area contributed by atoms with E-state index in [-0.39, 0.29) is 11.5 Å².